The van der Waals surface area contributed by atoms with Gasteiger partial charge in [-0.05, 0) is 54.1 Å². The van der Waals surface area contributed by atoms with Crippen molar-refractivity contribution in [1.29, 1.82) is 0 Å². The van der Waals surface area contributed by atoms with E-state index in [9.17, 15) is 24.2 Å². The molecule has 1 atom stereocenters. The van der Waals surface area contributed by atoms with Crippen molar-refractivity contribution in [1.82, 2.24) is 0 Å². The number of aromatic hydroxyl groups is 1. The largest absolute Gasteiger partial charge is 0.508 e. The second-order valence-corrected chi connectivity index (χ2v) is 6.94. The molecule has 1 fully saturated rings. The molecule has 1 aliphatic rings. The number of anilines is 1. The SMILES string of the molecule is COc1ccccc1N1C(=O)C(=O)/C(=C(/O)c2ccc(F)cc2)C1c1ccc(O)cc1. The Morgan fingerprint density at radius 3 is 2.26 bits per heavy atom. The molecule has 1 saturated heterocycles. The first-order valence-corrected chi connectivity index (χ1v) is 9.41. The third-order valence-electron chi connectivity index (χ3n) is 5.12. The highest BCUT2D eigenvalue weighted by Crippen LogP contribution is 2.45. The van der Waals surface area contributed by atoms with E-state index in [0.29, 0.717) is 17.0 Å². The summed E-state index contributed by atoms with van der Waals surface area (Å²) in [5.74, 6) is -2.27. The molecule has 3 aromatic carbocycles. The normalized spacial score (nSPS) is 17.7. The summed E-state index contributed by atoms with van der Waals surface area (Å²) in [6.07, 6.45) is 0. The molecule has 3 aromatic rings. The summed E-state index contributed by atoms with van der Waals surface area (Å²) in [4.78, 5) is 27.4. The number of rotatable bonds is 4. The predicted molar refractivity (Wildman–Crippen MR) is 112 cm³/mol. The van der Waals surface area contributed by atoms with E-state index < -0.39 is 29.3 Å². The molecule has 156 valence electrons. The summed E-state index contributed by atoms with van der Waals surface area (Å²) in [5, 5.41) is 20.6. The average molecular weight is 419 g/mol. The zero-order valence-electron chi connectivity index (χ0n) is 16.4. The monoisotopic (exact) mass is 419 g/mol. The van der Waals surface area contributed by atoms with Gasteiger partial charge in [-0.15, -0.1) is 0 Å². The minimum Gasteiger partial charge on any atom is -0.508 e. The number of methoxy groups -OCH3 is 1. The second kappa shape index (κ2) is 7.95. The third kappa shape index (κ3) is 3.50. The number of phenolic OH excluding ortho intramolecular Hbond substituents is 1. The Balaban J connectivity index is 1.96. The van der Waals surface area contributed by atoms with Crippen LogP contribution in [0.2, 0.25) is 0 Å². The van der Waals surface area contributed by atoms with Gasteiger partial charge in [-0.3, -0.25) is 14.5 Å². The van der Waals surface area contributed by atoms with Gasteiger partial charge < -0.3 is 14.9 Å². The third-order valence-corrected chi connectivity index (χ3v) is 5.12. The number of Topliss-reactive ketones (excluding diaryl/α,β-unsaturated/α-hetero) is 1. The van der Waals surface area contributed by atoms with Crippen molar-refractivity contribution >= 4 is 23.1 Å². The van der Waals surface area contributed by atoms with Crippen LogP contribution in [0.3, 0.4) is 0 Å². The number of phenols is 1. The molecule has 1 aliphatic heterocycles. The maximum atomic E-state index is 13.3. The zero-order valence-corrected chi connectivity index (χ0v) is 16.4. The van der Waals surface area contributed by atoms with E-state index in [0.717, 1.165) is 12.1 Å². The lowest BCUT2D eigenvalue weighted by Gasteiger charge is -2.26. The number of ether oxygens (including phenoxy) is 1. The number of carbonyl (C=O) groups excluding carboxylic acids is 2. The number of halogens is 1. The van der Waals surface area contributed by atoms with Crippen molar-refractivity contribution < 1.29 is 28.9 Å². The summed E-state index contributed by atoms with van der Waals surface area (Å²) in [6.45, 7) is 0. The molecule has 7 heteroatoms. The Morgan fingerprint density at radius 1 is 0.968 bits per heavy atom. The molecule has 1 amide bonds. The molecule has 6 nitrogen and oxygen atoms in total. The molecule has 0 aromatic heterocycles. The standard InChI is InChI=1S/C24H18FNO5/c1-31-19-5-3-2-4-18(19)26-21(14-8-12-17(27)13-9-14)20(23(29)24(26)30)22(28)15-6-10-16(25)11-7-15/h2-13,21,27-28H,1H3/b22-20+. The fraction of sp³-hybridized carbons (Fsp3) is 0.0833. The number of para-hydroxylation sites is 2. The first kappa shape index (κ1) is 20.2. The number of nitrogens with zero attached hydrogens (tertiary/aromatic N) is 1. The zero-order chi connectivity index (χ0) is 22.1. The molecule has 31 heavy (non-hydrogen) atoms. The van der Waals surface area contributed by atoms with Crippen molar-refractivity contribution in [3.8, 4) is 11.5 Å². The van der Waals surface area contributed by atoms with E-state index >= 15 is 0 Å². The molecule has 0 aliphatic carbocycles. The summed E-state index contributed by atoms with van der Waals surface area (Å²) in [6, 6.07) is 16.7. The van der Waals surface area contributed by atoms with Crippen molar-refractivity contribution in [2.24, 2.45) is 0 Å². The second-order valence-electron chi connectivity index (χ2n) is 6.94. The molecule has 1 heterocycles. The van der Waals surface area contributed by atoms with Gasteiger partial charge in [0.1, 0.15) is 23.1 Å². The molecular weight excluding hydrogens is 401 g/mol. The molecule has 0 saturated carbocycles. The van der Waals surface area contributed by atoms with Crippen molar-refractivity contribution in [3.05, 3.63) is 95.3 Å². The van der Waals surface area contributed by atoms with E-state index in [4.69, 9.17) is 4.74 Å². The molecular formula is C24H18FNO5. The lowest BCUT2D eigenvalue weighted by atomic mass is 9.95. The highest BCUT2D eigenvalue weighted by atomic mass is 19.1. The molecule has 0 spiro atoms. The fourth-order valence-corrected chi connectivity index (χ4v) is 3.65. The lowest BCUT2D eigenvalue weighted by molar-refractivity contribution is -0.132. The van der Waals surface area contributed by atoms with Crippen LogP contribution in [0.25, 0.3) is 5.76 Å². The number of hydrogen-bond donors (Lipinski definition) is 2. The summed E-state index contributed by atoms with van der Waals surface area (Å²) in [5.41, 5.74) is 0.895. The van der Waals surface area contributed by atoms with Crippen molar-refractivity contribution in [2.75, 3.05) is 12.0 Å². The van der Waals surface area contributed by atoms with Gasteiger partial charge >= 0.3 is 0 Å². The van der Waals surface area contributed by atoms with Crippen LogP contribution in [0.1, 0.15) is 17.2 Å². The van der Waals surface area contributed by atoms with Gasteiger partial charge in [-0.25, -0.2) is 4.39 Å². The smallest absolute Gasteiger partial charge is 0.300 e. The van der Waals surface area contributed by atoms with E-state index in [-0.39, 0.29) is 16.9 Å². The first-order valence-electron chi connectivity index (χ1n) is 9.41. The number of aliphatic hydroxyl groups is 1. The van der Waals surface area contributed by atoms with Gasteiger partial charge in [0.05, 0.1) is 24.4 Å². The van der Waals surface area contributed by atoms with Crippen LogP contribution in [0.4, 0.5) is 10.1 Å². The number of benzene rings is 3. The average Bonchev–Trinajstić information content (AvgIpc) is 3.04. The van der Waals surface area contributed by atoms with Gasteiger partial charge in [0.2, 0.25) is 0 Å². The summed E-state index contributed by atoms with van der Waals surface area (Å²) in [7, 11) is 1.45. The minimum absolute atomic E-state index is 0.0107. The Hall–Kier alpha value is -4.13. The van der Waals surface area contributed by atoms with Crippen LogP contribution in [0.15, 0.2) is 78.4 Å². The number of amides is 1. The maximum Gasteiger partial charge on any atom is 0.300 e. The molecule has 4 rings (SSSR count). The van der Waals surface area contributed by atoms with Crippen LogP contribution in [-0.4, -0.2) is 29.0 Å². The van der Waals surface area contributed by atoms with Crippen molar-refractivity contribution in [3.63, 3.8) is 0 Å². The van der Waals surface area contributed by atoms with Gasteiger partial charge in [0.15, 0.2) is 0 Å². The van der Waals surface area contributed by atoms with Crippen LogP contribution in [0.5, 0.6) is 11.5 Å². The Labute approximate surface area is 177 Å². The quantitative estimate of drug-likeness (QED) is 0.377. The van der Waals surface area contributed by atoms with Crippen LogP contribution in [0, 0.1) is 5.82 Å². The van der Waals surface area contributed by atoms with Gasteiger partial charge in [-0.1, -0.05) is 24.3 Å². The van der Waals surface area contributed by atoms with E-state index in [1.54, 1.807) is 36.4 Å². The van der Waals surface area contributed by atoms with Gasteiger partial charge in [0.25, 0.3) is 11.7 Å². The molecule has 2 N–H and O–H groups in total. The van der Waals surface area contributed by atoms with Crippen LogP contribution < -0.4 is 9.64 Å². The van der Waals surface area contributed by atoms with Gasteiger partial charge in [0, 0.05) is 5.56 Å². The molecule has 0 bridgehead atoms. The summed E-state index contributed by atoms with van der Waals surface area (Å²) >= 11 is 0. The number of ketones is 1. The topological polar surface area (TPSA) is 87.1 Å². The summed E-state index contributed by atoms with van der Waals surface area (Å²) < 4.78 is 18.7. The van der Waals surface area contributed by atoms with Crippen molar-refractivity contribution in [2.45, 2.75) is 6.04 Å². The fourth-order valence-electron chi connectivity index (χ4n) is 3.65. The van der Waals surface area contributed by atoms with Crippen LogP contribution in [-0.2, 0) is 9.59 Å². The van der Waals surface area contributed by atoms with E-state index in [2.05, 4.69) is 0 Å². The van der Waals surface area contributed by atoms with E-state index in [1.807, 2.05) is 0 Å². The van der Waals surface area contributed by atoms with Crippen LogP contribution >= 0.6 is 0 Å². The highest BCUT2D eigenvalue weighted by molar-refractivity contribution is 6.51. The lowest BCUT2D eigenvalue weighted by Crippen LogP contribution is -2.29. The number of aliphatic hydroxyl groups excluding tert-OH is 1. The van der Waals surface area contributed by atoms with Gasteiger partial charge in [-0.2, -0.15) is 0 Å². The Bertz CT molecular complexity index is 1190. The Morgan fingerprint density at radius 2 is 1.61 bits per heavy atom. The van der Waals surface area contributed by atoms with E-state index in [1.165, 1.54) is 36.3 Å². The minimum atomic E-state index is -0.984. The maximum absolute atomic E-state index is 13.3. The highest BCUT2D eigenvalue weighted by Gasteiger charge is 2.47. The molecule has 1 unspecified atom stereocenters. The Kier molecular flexibility index (Phi) is 5.17. The number of carbonyl (C=O) groups is 2. The predicted octanol–water partition coefficient (Wildman–Crippen LogP) is 4.17. The number of hydrogen-bond acceptors (Lipinski definition) is 5. The molecule has 0 radical (unpaired) electrons. The first-order chi connectivity index (χ1) is 14.9.